The molecule has 2 rings (SSSR count). The van der Waals surface area contributed by atoms with E-state index in [1.165, 1.54) is 0 Å². The van der Waals surface area contributed by atoms with Crippen molar-refractivity contribution in [2.24, 2.45) is 5.92 Å². The summed E-state index contributed by atoms with van der Waals surface area (Å²) in [6.07, 6.45) is 3.17. The highest BCUT2D eigenvalue weighted by Gasteiger charge is 2.27. The minimum absolute atomic E-state index is 0.193. The van der Waals surface area contributed by atoms with E-state index in [1.807, 2.05) is 0 Å². The predicted molar refractivity (Wildman–Crippen MR) is 67.0 cm³/mol. The Balaban J connectivity index is 2.12. The molecule has 2 unspecified atom stereocenters. The first kappa shape index (κ1) is 12.9. The maximum atomic E-state index is 9.29. The van der Waals surface area contributed by atoms with Crippen LogP contribution in [-0.4, -0.2) is 41.9 Å². The van der Waals surface area contributed by atoms with Crippen molar-refractivity contribution in [2.45, 2.75) is 25.3 Å². The molecule has 100 valence electrons. The molecule has 0 radical (unpaired) electrons. The smallest absolute Gasteiger partial charge is 0.229 e. The molecule has 1 fully saturated rings. The molecule has 0 saturated heterocycles. The van der Waals surface area contributed by atoms with E-state index in [1.54, 1.807) is 20.3 Å². The summed E-state index contributed by atoms with van der Waals surface area (Å²) in [5, 5.41) is 12.5. The van der Waals surface area contributed by atoms with Gasteiger partial charge in [-0.05, 0) is 12.8 Å². The van der Waals surface area contributed by atoms with Gasteiger partial charge in [0.15, 0.2) is 0 Å². The summed E-state index contributed by atoms with van der Waals surface area (Å²) in [6.45, 7) is 0.193. The lowest BCUT2D eigenvalue weighted by Gasteiger charge is -2.19. The molecule has 6 nitrogen and oxygen atoms in total. The van der Waals surface area contributed by atoms with Crippen molar-refractivity contribution >= 4 is 5.95 Å². The molecule has 1 aliphatic rings. The van der Waals surface area contributed by atoms with Crippen molar-refractivity contribution in [1.82, 2.24) is 9.97 Å². The van der Waals surface area contributed by atoms with Crippen LogP contribution in [0.15, 0.2) is 6.07 Å². The Bertz CT molecular complexity index is 378. The Morgan fingerprint density at radius 3 is 2.50 bits per heavy atom. The van der Waals surface area contributed by atoms with Crippen molar-refractivity contribution in [3.63, 3.8) is 0 Å². The maximum absolute atomic E-state index is 9.29. The summed E-state index contributed by atoms with van der Waals surface area (Å²) >= 11 is 0. The number of aromatic nitrogens is 2. The fraction of sp³-hybridized carbons (Fsp3) is 0.667. The quantitative estimate of drug-likeness (QED) is 0.817. The summed E-state index contributed by atoms with van der Waals surface area (Å²) < 4.78 is 10.2. The number of hydrogen-bond acceptors (Lipinski definition) is 6. The molecule has 18 heavy (non-hydrogen) atoms. The van der Waals surface area contributed by atoms with Crippen LogP contribution in [0.3, 0.4) is 0 Å². The molecule has 1 aliphatic carbocycles. The van der Waals surface area contributed by atoms with Gasteiger partial charge in [0, 0.05) is 18.6 Å². The number of anilines is 1. The van der Waals surface area contributed by atoms with E-state index in [0.717, 1.165) is 19.3 Å². The van der Waals surface area contributed by atoms with Crippen LogP contribution in [0, 0.1) is 5.92 Å². The zero-order chi connectivity index (χ0) is 13.0. The average molecular weight is 253 g/mol. The Labute approximate surface area is 106 Å². The highest BCUT2D eigenvalue weighted by atomic mass is 16.5. The molecule has 1 aromatic heterocycles. The molecule has 1 heterocycles. The predicted octanol–water partition coefficient (Wildman–Crippen LogP) is 1.07. The fourth-order valence-corrected chi connectivity index (χ4v) is 2.29. The molecule has 2 atom stereocenters. The molecule has 0 aliphatic heterocycles. The summed E-state index contributed by atoms with van der Waals surface area (Å²) in [4.78, 5) is 8.45. The molecule has 1 saturated carbocycles. The van der Waals surface area contributed by atoms with Crippen LogP contribution in [0.1, 0.15) is 19.3 Å². The largest absolute Gasteiger partial charge is 0.481 e. The minimum atomic E-state index is 0.193. The van der Waals surface area contributed by atoms with Crippen LogP contribution in [0.25, 0.3) is 0 Å². The van der Waals surface area contributed by atoms with Gasteiger partial charge in [-0.15, -0.1) is 0 Å². The van der Waals surface area contributed by atoms with Gasteiger partial charge in [0.25, 0.3) is 0 Å². The van der Waals surface area contributed by atoms with Crippen LogP contribution in [0.4, 0.5) is 5.95 Å². The van der Waals surface area contributed by atoms with E-state index in [0.29, 0.717) is 17.7 Å². The average Bonchev–Trinajstić information content (AvgIpc) is 2.85. The number of nitrogens with zero attached hydrogens (tertiary/aromatic N) is 2. The van der Waals surface area contributed by atoms with Gasteiger partial charge in [0.1, 0.15) is 0 Å². The molecule has 2 N–H and O–H groups in total. The second-order valence-corrected chi connectivity index (χ2v) is 4.40. The monoisotopic (exact) mass is 253 g/mol. The third-order valence-electron chi connectivity index (χ3n) is 3.31. The number of hydrogen-bond donors (Lipinski definition) is 2. The van der Waals surface area contributed by atoms with Crippen molar-refractivity contribution in [2.75, 3.05) is 26.1 Å². The van der Waals surface area contributed by atoms with Gasteiger partial charge < -0.3 is 19.9 Å². The summed E-state index contributed by atoms with van der Waals surface area (Å²) in [6, 6.07) is 1.84. The lowest BCUT2D eigenvalue weighted by molar-refractivity contribution is 0.222. The van der Waals surface area contributed by atoms with Crippen LogP contribution in [0.2, 0.25) is 0 Å². The van der Waals surface area contributed by atoms with E-state index in [-0.39, 0.29) is 18.6 Å². The SMILES string of the molecule is COc1cc(OC)nc(NC2CCCC2CO)n1. The van der Waals surface area contributed by atoms with Gasteiger partial charge in [0.2, 0.25) is 17.7 Å². The molecule has 1 aromatic rings. The molecular formula is C12H19N3O3. The summed E-state index contributed by atoms with van der Waals surface area (Å²) in [5.74, 6) is 1.67. The first-order valence-corrected chi connectivity index (χ1v) is 6.11. The normalized spacial score (nSPS) is 22.8. The zero-order valence-electron chi connectivity index (χ0n) is 10.7. The Hall–Kier alpha value is -1.56. The third kappa shape index (κ3) is 2.81. The second kappa shape index (κ2) is 5.86. The van der Waals surface area contributed by atoms with Crippen LogP contribution in [0.5, 0.6) is 11.8 Å². The number of ether oxygens (including phenoxy) is 2. The van der Waals surface area contributed by atoms with E-state index in [9.17, 15) is 5.11 Å². The standard InChI is InChI=1S/C12H19N3O3/c1-17-10-6-11(18-2)15-12(14-10)13-9-5-3-4-8(9)7-16/h6,8-9,16H,3-5,7H2,1-2H3,(H,13,14,15). The van der Waals surface area contributed by atoms with E-state index < -0.39 is 0 Å². The van der Waals surface area contributed by atoms with Gasteiger partial charge in [0.05, 0.1) is 20.3 Å². The fourth-order valence-electron chi connectivity index (χ4n) is 2.29. The van der Waals surface area contributed by atoms with Gasteiger partial charge >= 0.3 is 0 Å². The Kier molecular flexibility index (Phi) is 4.19. The lowest BCUT2D eigenvalue weighted by Crippen LogP contribution is -2.27. The topological polar surface area (TPSA) is 76.5 Å². The minimum Gasteiger partial charge on any atom is -0.481 e. The number of aliphatic hydroxyl groups excluding tert-OH is 1. The van der Waals surface area contributed by atoms with E-state index >= 15 is 0 Å². The van der Waals surface area contributed by atoms with Crippen molar-refractivity contribution in [1.29, 1.82) is 0 Å². The highest BCUT2D eigenvalue weighted by Crippen LogP contribution is 2.28. The Morgan fingerprint density at radius 1 is 1.28 bits per heavy atom. The maximum Gasteiger partial charge on any atom is 0.229 e. The molecule has 0 aromatic carbocycles. The molecule has 0 bridgehead atoms. The number of nitrogens with one attached hydrogen (secondary N) is 1. The van der Waals surface area contributed by atoms with Gasteiger partial charge in [-0.1, -0.05) is 6.42 Å². The van der Waals surface area contributed by atoms with Crippen LogP contribution >= 0.6 is 0 Å². The highest BCUT2D eigenvalue weighted by molar-refractivity contribution is 5.35. The van der Waals surface area contributed by atoms with Crippen LogP contribution in [-0.2, 0) is 0 Å². The van der Waals surface area contributed by atoms with Crippen molar-refractivity contribution in [3.8, 4) is 11.8 Å². The lowest BCUT2D eigenvalue weighted by atomic mass is 10.1. The zero-order valence-corrected chi connectivity index (χ0v) is 10.7. The summed E-state index contributed by atoms with van der Waals surface area (Å²) in [5.41, 5.74) is 0. The first-order chi connectivity index (χ1) is 8.76. The molecule has 6 heteroatoms. The van der Waals surface area contributed by atoms with Gasteiger partial charge in [-0.3, -0.25) is 0 Å². The van der Waals surface area contributed by atoms with Gasteiger partial charge in [-0.2, -0.15) is 9.97 Å². The third-order valence-corrected chi connectivity index (χ3v) is 3.31. The molecule has 0 spiro atoms. The van der Waals surface area contributed by atoms with Crippen LogP contribution < -0.4 is 14.8 Å². The van der Waals surface area contributed by atoms with E-state index in [4.69, 9.17) is 9.47 Å². The van der Waals surface area contributed by atoms with Crippen molar-refractivity contribution < 1.29 is 14.6 Å². The molecule has 0 amide bonds. The molecular weight excluding hydrogens is 234 g/mol. The number of rotatable bonds is 5. The number of methoxy groups -OCH3 is 2. The number of aliphatic hydroxyl groups is 1. The Morgan fingerprint density at radius 2 is 1.94 bits per heavy atom. The van der Waals surface area contributed by atoms with Crippen molar-refractivity contribution in [3.05, 3.63) is 6.07 Å². The van der Waals surface area contributed by atoms with E-state index in [2.05, 4.69) is 15.3 Å². The van der Waals surface area contributed by atoms with Gasteiger partial charge in [-0.25, -0.2) is 0 Å². The summed E-state index contributed by atoms with van der Waals surface area (Å²) in [7, 11) is 3.11. The first-order valence-electron chi connectivity index (χ1n) is 6.11. The second-order valence-electron chi connectivity index (χ2n) is 4.40.